The second-order valence-corrected chi connectivity index (χ2v) is 7.41. The summed E-state index contributed by atoms with van der Waals surface area (Å²) in [6.07, 6.45) is 0. The molecule has 4 N–H and O–H groups in total. The van der Waals surface area contributed by atoms with E-state index in [1.165, 1.54) is 0 Å². The molecule has 0 aliphatic rings. The van der Waals surface area contributed by atoms with E-state index >= 15 is 0 Å². The van der Waals surface area contributed by atoms with Crippen LogP contribution in [0, 0.1) is 0 Å². The Morgan fingerprint density at radius 1 is 0.576 bits per heavy atom. The Hall–Kier alpha value is 2.06. The normalized spacial score (nSPS) is 10.2. The average Bonchev–Trinajstić information content (AvgIpc) is 2.38. The van der Waals surface area contributed by atoms with E-state index in [2.05, 4.69) is 4.31 Å². The summed E-state index contributed by atoms with van der Waals surface area (Å²) in [5.74, 6) is -4.91. The summed E-state index contributed by atoms with van der Waals surface area (Å²) in [6.45, 7) is -2.25. The van der Waals surface area contributed by atoms with Gasteiger partial charge in [-0.3, -0.25) is 29.0 Å². The van der Waals surface area contributed by atoms with Crippen LogP contribution in [0.15, 0.2) is 0 Å². The third-order valence-electron chi connectivity index (χ3n) is 2.37. The van der Waals surface area contributed by atoms with Crippen molar-refractivity contribution in [2.45, 2.75) is 0 Å². The fourth-order valence-corrected chi connectivity index (χ4v) is 2.58. The van der Waals surface area contributed by atoms with Gasteiger partial charge in [0.2, 0.25) is 0 Å². The monoisotopic (exact) mass is 558 g/mol. The Balaban J connectivity index is -0.000000121. The van der Waals surface area contributed by atoms with Gasteiger partial charge in [0, 0.05) is 13.1 Å². The van der Waals surface area contributed by atoms with Crippen molar-refractivity contribution in [1.29, 1.82) is 0 Å². The van der Waals surface area contributed by atoms with Crippen LogP contribution in [0.25, 0.3) is 0 Å². The van der Waals surface area contributed by atoms with Crippen LogP contribution in [0.4, 0.5) is 0 Å². The van der Waals surface area contributed by atoms with Crippen molar-refractivity contribution >= 4 is 39.5 Å². The Morgan fingerprint density at radius 2 is 0.758 bits per heavy atom. The van der Waals surface area contributed by atoms with E-state index in [1.807, 2.05) is 0 Å². The van der Waals surface area contributed by atoms with Gasteiger partial charge in [-0.1, -0.05) is 0 Å². The SMILES string of the molecule is O=C(O)CN(CCN(CC(=O)O)CC(=O)O)CC(=O)O.O=P([O-])([O-])OP(=O)([O-])[O-].[Na+].[Na+].[Na+].[Na+]. The molecule has 0 radical (unpaired) electrons. The van der Waals surface area contributed by atoms with E-state index in [0.717, 1.165) is 9.80 Å². The predicted octanol–water partition coefficient (Wildman–Crippen LogP) is -17.4. The molecule has 0 aliphatic heterocycles. The molecular formula is C10H16N2Na4O15P2. The second-order valence-electron chi connectivity index (χ2n) is 4.97. The third-order valence-corrected chi connectivity index (χ3v) is 3.97. The van der Waals surface area contributed by atoms with Gasteiger partial charge < -0.3 is 53.4 Å². The third kappa shape index (κ3) is 41.5. The number of hydrogen-bond acceptors (Lipinski definition) is 13. The first kappa shape index (κ1) is 48.2. The van der Waals surface area contributed by atoms with Gasteiger partial charge in [0.1, 0.15) is 0 Å². The summed E-state index contributed by atoms with van der Waals surface area (Å²) in [7, 11) is -11.4. The number of phosphoric acid groups is 2. The molecule has 0 bridgehead atoms. The fraction of sp³-hybridized carbons (Fsp3) is 0.600. The van der Waals surface area contributed by atoms with E-state index in [4.69, 9.17) is 20.4 Å². The zero-order valence-corrected chi connectivity index (χ0v) is 28.1. The molecule has 0 aromatic rings. The number of carbonyl (C=O) groups is 4. The van der Waals surface area contributed by atoms with Gasteiger partial charge in [0.15, 0.2) is 0 Å². The Morgan fingerprint density at radius 3 is 0.848 bits per heavy atom. The fourth-order valence-electron chi connectivity index (χ4n) is 1.60. The minimum atomic E-state index is -5.68. The molecule has 0 rings (SSSR count). The van der Waals surface area contributed by atoms with Gasteiger partial charge in [-0.05, 0) is 0 Å². The first-order valence-electron chi connectivity index (χ1n) is 6.98. The molecule has 23 heteroatoms. The molecule has 0 saturated heterocycles. The van der Waals surface area contributed by atoms with Gasteiger partial charge in [-0.2, -0.15) is 0 Å². The standard InChI is InChI=1S/C10H16N2O8.4Na.H4O7P2/c13-7(14)3-11(4-8(15)16)1-2-12(5-9(17)18)6-10(19)20;;;;;1-8(2,3)7-9(4,5)6/h1-6H2,(H,13,14)(H,15,16)(H,17,18)(H,19,20);;;;;(H2,1,2,3)(H2,4,5,6)/q;4*+1;/p-4. The second kappa shape index (κ2) is 24.4. The minimum Gasteiger partial charge on any atom is -0.790 e. The van der Waals surface area contributed by atoms with E-state index in [-0.39, 0.29) is 131 Å². The summed E-state index contributed by atoms with van der Waals surface area (Å²) in [4.78, 5) is 81.7. The molecule has 170 valence electrons. The van der Waals surface area contributed by atoms with Gasteiger partial charge in [0.05, 0.1) is 41.8 Å². The van der Waals surface area contributed by atoms with E-state index in [0.29, 0.717) is 0 Å². The van der Waals surface area contributed by atoms with Gasteiger partial charge in [-0.15, -0.1) is 0 Å². The van der Waals surface area contributed by atoms with Crippen molar-refractivity contribution in [3.05, 3.63) is 0 Å². The van der Waals surface area contributed by atoms with Crippen LogP contribution in [0.5, 0.6) is 0 Å². The molecule has 0 spiro atoms. The molecule has 33 heavy (non-hydrogen) atoms. The van der Waals surface area contributed by atoms with Crippen molar-refractivity contribution in [2.24, 2.45) is 0 Å². The molecule has 0 aliphatic carbocycles. The molecule has 0 unspecified atom stereocenters. The topological polar surface area (TPSA) is 291 Å². The number of nitrogens with zero attached hydrogens (tertiary/aromatic N) is 2. The molecule has 0 fully saturated rings. The van der Waals surface area contributed by atoms with Crippen LogP contribution >= 0.6 is 15.6 Å². The van der Waals surface area contributed by atoms with Crippen molar-refractivity contribution in [1.82, 2.24) is 9.80 Å². The average molecular weight is 558 g/mol. The molecule has 0 amide bonds. The van der Waals surface area contributed by atoms with E-state index in [9.17, 15) is 47.9 Å². The summed E-state index contributed by atoms with van der Waals surface area (Å²) in [5, 5.41) is 34.5. The van der Waals surface area contributed by atoms with E-state index in [1.54, 1.807) is 0 Å². The van der Waals surface area contributed by atoms with Gasteiger partial charge in [0.25, 0.3) is 0 Å². The Bertz CT molecular complexity index is 600. The molecule has 0 saturated carbocycles. The minimum absolute atomic E-state index is 0. The van der Waals surface area contributed by atoms with Crippen molar-refractivity contribution in [3.8, 4) is 0 Å². The number of rotatable bonds is 13. The summed E-state index contributed by atoms with van der Waals surface area (Å²) >= 11 is 0. The number of aliphatic carboxylic acids is 4. The number of hydrogen-bond donors (Lipinski definition) is 4. The first-order valence-corrected chi connectivity index (χ1v) is 9.90. The first-order chi connectivity index (χ1) is 12.9. The number of carboxylic acid groups (broad SMARTS) is 4. The van der Waals surface area contributed by atoms with Crippen molar-refractivity contribution in [2.75, 3.05) is 39.3 Å². The predicted molar refractivity (Wildman–Crippen MR) is 79.7 cm³/mol. The molecule has 0 aromatic carbocycles. The quantitative estimate of drug-likeness (QED) is 0.120. The maximum absolute atomic E-state index is 10.6. The van der Waals surface area contributed by atoms with Crippen molar-refractivity contribution in [3.63, 3.8) is 0 Å². The summed E-state index contributed by atoms with van der Waals surface area (Å²) in [6, 6.07) is 0. The maximum Gasteiger partial charge on any atom is 1.00 e. The van der Waals surface area contributed by atoms with Crippen molar-refractivity contribution < 1.29 is 191 Å². The van der Waals surface area contributed by atoms with Crippen LogP contribution in [-0.4, -0.2) is 93.4 Å². The van der Waals surface area contributed by atoms with Crippen LogP contribution < -0.4 is 138 Å². The van der Waals surface area contributed by atoms with E-state index < -0.39 is 65.7 Å². The Labute approximate surface area is 275 Å². The van der Waals surface area contributed by atoms with Gasteiger partial charge in [-0.25, -0.2) is 0 Å². The molecule has 17 nitrogen and oxygen atoms in total. The van der Waals surface area contributed by atoms with Crippen LogP contribution in [0.2, 0.25) is 0 Å². The Kier molecular flexibility index (Phi) is 35.6. The molecule has 0 atom stereocenters. The van der Waals surface area contributed by atoms with Gasteiger partial charge >= 0.3 is 142 Å². The zero-order valence-electron chi connectivity index (χ0n) is 18.3. The summed E-state index contributed by atoms with van der Waals surface area (Å²) < 4.78 is 21.2. The zero-order chi connectivity index (χ0) is 23.4. The molecule has 0 heterocycles. The molecule has 0 aromatic heterocycles. The van der Waals surface area contributed by atoms with Crippen LogP contribution in [0.1, 0.15) is 0 Å². The molecular weight excluding hydrogens is 542 g/mol. The number of carboxylic acids is 4. The smallest absolute Gasteiger partial charge is 0.790 e. The van der Waals surface area contributed by atoms with Crippen LogP contribution in [-0.2, 0) is 32.6 Å². The van der Waals surface area contributed by atoms with Crippen LogP contribution in [0.3, 0.4) is 0 Å². The largest absolute Gasteiger partial charge is 1.00 e. The maximum atomic E-state index is 10.6. The summed E-state index contributed by atoms with van der Waals surface area (Å²) in [5.41, 5.74) is 0.